The maximum absolute atomic E-state index is 11.8. The molecule has 45 heavy (non-hydrogen) atoms. The molecule has 0 heterocycles. The van der Waals surface area contributed by atoms with Crippen LogP contribution in [0.5, 0.6) is 0 Å². The van der Waals surface area contributed by atoms with Gasteiger partial charge in [0, 0.05) is 6.42 Å². The van der Waals surface area contributed by atoms with Crippen molar-refractivity contribution >= 4 is 22.6 Å². The molecule has 5 nitrogen and oxygen atoms in total. The molecule has 0 spiro atoms. The maximum atomic E-state index is 11.8. The molecule has 3 fully saturated rings. The summed E-state index contributed by atoms with van der Waals surface area (Å²) >= 11 is 0. The number of allylic oxidation sites excluding steroid dienone is 3. The zero-order valence-electron chi connectivity index (χ0n) is 31.4. The number of fused-ring (bicyclic) bond motifs is 1. The van der Waals surface area contributed by atoms with E-state index in [-0.39, 0.29) is 39.8 Å². The Morgan fingerprint density at radius 2 is 1.64 bits per heavy atom. The Morgan fingerprint density at radius 3 is 2.24 bits per heavy atom. The van der Waals surface area contributed by atoms with E-state index >= 15 is 0 Å². The zero-order valence-corrected chi connectivity index (χ0v) is 33.4. The third-order valence-electron chi connectivity index (χ3n) is 12.3. The number of hydrogen-bond donors (Lipinski definition) is 0. The topological polar surface area (TPSA) is 54.0 Å². The number of esters is 1. The molecule has 0 aliphatic heterocycles. The molecular formula is C38H68O5Si2. The van der Waals surface area contributed by atoms with Crippen molar-refractivity contribution in [2.75, 3.05) is 13.2 Å². The SMILES string of the molecule is C=C1/C(=C\C=C2/CCC[C@]3(C)[C@@H]([C@H](C)OCCC(=O)OCC)CC[C@@H]23)C[C@@H](O[Si](C)(C)C(C)(C)C)C[C@@H]1O[Si](C)(C)C(C)(C)C. The van der Waals surface area contributed by atoms with Crippen molar-refractivity contribution in [2.24, 2.45) is 17.3 Å². The first-order chi connectivity index (χ1) is 20.6. The van der Waals surface area contributed by atoms with Gasteiger partial charge in [-0.2, -0.15) is 0 Å². The lowest BCUT2D eigenvalue weighted by Crippen LogP contribution is -2.49. The lowest BCUT2D eigenvalue weighted by atomic mass is 9.62. The van der Waals surface area contributed by atoms with Crippen molar-refractivity contribution in [1.82, 2.24) is 0 Å². The molecule has 0 N–H and O–H groups in total. The molecule has 258 valence electrons. The van der Waals surface area contributed by atoms with Crippen LogP contribution >= 0.6 is 0 Å². The fraction of sp³-hybridized carbons (Fsp3) is 0.816. The summed E-state index contributed by atoms with van der Waals surface area (Å²) in [7, 11) is -3.94. The third kappa shape index (κ3) is 9.13. The van der Waals surface area contributed by atoms with Crippen molar-refractivity contribution in [3.05, 3.63) is 35.5 Å². The second-order valence-corrected chi connectivity index (χ2v) is 27.0. The van der Waals surface area contributed by atoms with E-state index in [0.717, 1.165) is 24.8 Å². The molecule has 0 aromatic rings. The Bertz CT molecular complexity index is 1110. The van der Waals surface area contributed by atoms with Gasteiger partial charge in [0.2, 0.25) is 0 Å². The maximum Gasteiger partial charge on any atom is 0.308 e. The van der Waals surface area contributed by atoms with Gasteiger partial charge in [0.1, 0.15) is 0 Å². The van der Waals surface area contributed by atoms with Gasteiger partial charge in [0.15, 0.2) is 16.6 Å². The lowest BCUT2D eigenvalue weighted by Gasteiger charge is -2.45. The molecule has 3 aliphatic carbocycles. The third-order valence-corrected chi connectivity index (χ3v) is 21.4. The van der Waals surface area contributed by atoms with Crippen LogP contribution in [0, 0.1) is 17.3 Å². The highest BCUT2D eigenvalue weighted by atomic mass is 28.4. The Hall–Kier alpha value is -0.996. The first kappa shape index (κ1) is 38.5. The van der Waals surface area contributed by atoms with Crippen molar-refractivity contribution in [3.63, 3.8) is 0 Å². The van der Waals surface area contributed by atoms with E-state index in [1.807, 2.05) is 6.92 Å². The van der Waals surface area contributed by atoms with E-state index in [2.05, 4.69) is 100 Å². The summed E-state index contributed by atoms with van der Waals surface area (Å²) in [6.07, 6.45) is 13.2. The van der Waals surface area contributed by atoms with Crippen LogP contribution in [-0.4, -0.2) is 54.1 Å². The summed E-state index contributed by atoms with van der Waals surface area (Å²) in [5.41, 5.74) is 4.26. The fourth-order valence-corrected chi connectivity index (χ4v) is 10.2. The van der Waals surface area contributed by atoms with Crippen LogP contribution in [0.25, 0.3) is 0 Å². The monoisotopic (exact) mass is 660 g/mol. The van der Waals surface area contributed by atoms with Crippen LogP contribution in [0.1, 0.15) is 114 Å². The highest BCUT2D eigenvalue weighted by Crippen LogP contribution is 2.58. The first-order valence-corrected chi connectivity index (χ1v) is 23.7. The van der Waals surface area contributed by atoms with E-state index in [4.69, 9.17) is 18.3 Å². The van der Waals surface area contributed by atoms with Crippen molar-refractivity contribution in [2.45, 2.75) is 168 Å². The molecule has 3 rings (SSSR count). The van der Waals surface area contributed by atoms with Gasteiger partial charge in [0.25, 0.3) is 0 Å². The van der Waals surface area contributed by atoms with Gasteiger partial charge >= 0.3 is 5.97 Å². The van der Waals surface area contributed by atoms with Crippen molar-refractivity contribution < 1.29 is 23.1 Å². The summed E-state index contributed by atoms with van der Waals surface area (Å²) in [5, 5.41) is 0.298. The molecule has 7 heteroatoms. The Balaban J connectivity index is 1.84. The molecule has 0 radical (unpaired) electrons. The first-order valence-electron chi connectivity index (χ1n) is 17.8. The minimum atomic E-state index is -2.00. The Kier molecular flexibility index (Phi) is 12.5. The van der Waals surface area contributed by atoms with Gasteiger partial charge in [-0.25, -0.2) is 0 Å². The largest absolute Gasteiger partial charge is 0.466 e. The number of carbonyl (C=O) groups excluding carboxylic acids is 1. The minimum Gasteiger partial charge on any atom is -0.466 e. The van der Waals surface area contributed by atoms with Crippen LogP contribution in [0.3, 0.4) is 0 Å². The molecule has 0 amide bonds. The van der Waals surface area contributed by atoms with Gasteiger partial charge in [-0.1, -0.05) is 72.8 Å². The Labute approximate surface area is 279 Å². The normalized spacial score (nSPS) is 30.9. The average Bonchev–Trinajstić information content (AvgIpc) is 3.25. The summed E-state index contributed by atoms with van der Waals surface area (Å²) in [4.78, 5) is 11.8. The molecule has 0 aromatic heterocycles. The van der Waals surface area contributed by atoms with Gasteiger partial charge in [-0.15, -0.1) is 0 Å². The second-order valence-electron chi connectivity index (χ2n) is 17.5. The molecule has 0 aromatic carbocycles. The van der Waals surface area contributed by atoms with E-state index in [9.17, 15) is 4.79 Å². The van der Waals surface area contributed by atoms with Crippen LogP contribution in [-0.2, 0) is 23.1 Å². The van der Waals surface area contributed by atoms with E-state index < -0.39 is 16.6 Å². The average molecular weight is 661 g/mol. The van der Waals surface area contributed by atoms with Crippen LogP contribution < -0.4 is 0 Å². The summed E-state index contributed by atoms with van der Waals surface area (Å²) in [5.74, 6) is 0.893. The standard InChI is InChI=1S/C38H68O5Si2/c1-15-40-35(39)22-24-41-28(3)32-20-21-33-29(17-16-23-38(32,33)10)18-19-30-25-31(42-44(11,12)36(4,5)6)26-34(27(30)2)43-45(13,14)37(7,8)9/h18-19,28,31-34H,2,15-17,20-26H2,1,3-14H3/b29-18+,30-19-/t28-,31+,32+,33-,34-,38+/m0/s1. The minimum absolute atomic E-state index is 0.000788. The Morgan fingerprint density at radius 1 is 1.02 bits per heavy atom. The molecule has 6 atom stereocenters. The molecule has 0 saturated heterocycles. The quantitative estimate of drug-likeness (QED) is 0.163. The number of carbonyl (C=O) groups is 1. The van der Waals surface area contributed by atoms with E-state index in [0.29, 0.717) is 31.5 Å². The van der Waals surface area contributed by atoms with Gasteiger partial charge < -0.3 is 18.3 Å². The number of ether oxygens (including phenoxy) is 2. The second kappa shape index (κ2) is 14.6. The smallest absolute Gasteiger partial charge is 0.308 e. The highest BCUT2D eigenvalue weighted by molar-refractivity contribution is 6.74. The summed E-state index contributed by atoms with van der Waals surface area (Å²) in [6, 6.07) is 0. The molecule has 3 aliphatic rings. The molecular weight excluding hydrogens is 593 g/mol. The number of hydrogen-bond acceptors (Lipinski definition) is 5. The molecule has 0 bridgehead atoms. The number of rotatable bonds is 11. The van der Waals surface area contributed by atoms with E-state index in [1.54, 1.807) is 5.57 Å². The van der Waals surface area contributed by atoms with Crippen molar-refractivity contribution in [3.8, 4) is 0 Å². The molecule has 0 unspecified atom stereocenters. The summed E-state index contributed by atoms with van der Waals surface area (Å²) in [6.45, 7) is 35.4. The van der Waals surface area contributed by atoms with Crippen LogP contribution in [0.2, 0.25) is 36.3 Å². The predicted molar refractivity (Wildman–Crippen MR) is 194 cm³/mol. The highest BCUT2D eigenvalue weighted by Gasteiger charge is 2.51. The van der Waals surface area contributed by atoms with Gasteiger partial charge in [0.05, 0.1) is 37.9 Å². The fourth-order valence-electron chi connectivity index (χ4n) is 7.49. The van der Waals surface area contributed by atoms with Gasteiger partial charge in [-0.05, 0) is 117 Å². The van der Waals surface area contributed by atoms with Crippen LogP contribution in [0.15, 0.2) is 35.5 Å². The summed E-state index contributed by atoms with van der Waals surface area (Å²) < 4.78 is 25.5. The predicted octanol–water partition coefficient (Wildman–Crippen LogP) is 10.5. The zero-order chi connectivity index (χ0) is 34.0. The van der Waals surface area contributed by atoms with Crippen molar-refractivity contribution in [1.29, 1.82) is 0 Å². The van der Waals surface area contributed by atoms with Gasteiger partial charge in [-0.3, -0.25) is 4.79 Å². The van der Waals surface area contributed by atoms with Crippen LogP contribution in [0.4, 0.5) is 0 Å². The molecule has 3 saturated carbocycles. The van der Waals surface area contributed by atoms with E-state index in [1.165, 1.54) is 31.3 Å². The lowest BCUT2D eigenvalue weighted by molar-refractivity contribution is -0.145.